The molecule has 3 heteroatoms. The fraction of sp³-hybridized carbons (Fsp3) is 0.667. The van der Waals surface area contributed by atoms with Crippen LogP contribution in [0.25, 0.3) is 0 Å². The molecule has 0 aliphatic rings. The van der Waals surface area contributed by atoms with Crippen molar-refractivity contribution in [2.75, 3.05) is 0 Å². The average Bonchev–Trinajstić information content (AvgIpc) is 2.02. The van der Waals surface area contributed by atoms with Gasteiger partial charge in [0.15, 0.2) is 0 Å². The van der Waals surface area contributed by atoms with Gasteiger partial charge >= 0.3 is 5.97 Å². The molecule has 12 heavy (non-hydrogen) atoms. The Hall–Kier alpha value is -0.830. The third-order valence-corrected chi connectivity index (χ3v) is 1.73. The molecule has 0 aromatic heterocycles. The Morgan fingerprint density at radius 2 is 2.00 bits per heavy atom. The van der Waals surface area contributed by atoms with Gasteiger partial charge in [0.2, 0.25) is 0 Å². The molecule has 0 saturated carbocycles. The minimum absolute atomic E-state index is 0.370. The smallest absolute Gasteiger partial charge is 0.333 e. The van der Waals surface area contributed by atoms with Crippen molar-refractivity contribution in [2.24, 2.45) is 0 Å². The summed E-state index contributed by atoms with van der Waals surface area (Å²) in [4.78, 5) is 11.1. The van der Waals surface area contributed by atoms with Crippen LogP contribution in [0.2, 0.25) is 0 Å². The molecule has 3 nitrogen and oxygen atoms in total. The highest BCUT2D eigenvalue weighted by atomic mass is 16.6. The molecular weight excluding hydrogens is 156 g/mol. The maximum absolute atomic E-state index is 11.1. The van der Waals surface area contributed by atoms with Crippen LogP contribution in [0.1, 0.15) is 27.7 Å². The molecule has 0 amide bonds. The molecule has 2 atom stereocenters. The van der Waals surface area contributed by atoms with E-state index < -0.39 is 12.2 Å². The highest BCUT2D eigenvalue weighted by molar-refractivity contribution is 5.87. The van der Waals surface area contributed by atoms with E-state index in [9.17, 15) is 4.79 Å². The molecule has 0 radical (unpaired) electrons. The number of hydrogen-bond donors (Lipinski definition) is 1. The molecule has 0 fully saturated rings. The number of aliphatic hydroxyl groups is 1. The number of ether oxygens (including phenoxy) is 1. The Morgan fingerprint density at radius 1 is 1.50 bits per heavy atom. The Balaban J connectivity index is 4.02. The quantitative estimate of drug-likeness (QED) is 0.515. The monoisotopic (exact) mass is 172 g/mol. The minimum Gasteiger partial charge on any atom is -0.457 e. The van der Waals surface area contributed by atoms with Crippen molar-refractivity contribution in [2.45, 2.75) is 39.9 Å². The van der Waals surface area contributed by atoms with E-state index in [1.54, 1.807) is 33.8 Å². The van der Waals surface area contributed by atoms with Crippen LogP contribution in [0.3, 0.4) is 0 Å². The number of aliphatic hydroxyl groups excluding tert-OH is 1. The number of carbonyl (C=O) groups excluding carboxylic acids is 1. The molecule has 0 aliphatic carbocycles. The number of rotatable bonds is 3. The summed E-state index contributed by atoms with van der Waals surface area (Å²) in [6.45, 7) is 6.69. The molecule has 0 rings (SSSR count). The average molecular weight is 172 g/mol. The Kier molecular flexibility index (Phi) is 4.59. The highest BCUT2D eigenvalue weighted by Crippen LogP contribution is 2.03. The van der Waals surface area contributed by atoms with E-state index in [-0.39, 0.29) is 5.97 Å². The molecule has 0 aromatic rings. The van der Waals surface area contributed by atoms with Crippen molar-refractivity contribution in [3.8, 4) is 0 Å². The van der Waals surface area contributed by atoms with Crippen molar-refractivity contribution in [3.05, 3.63) is 11.6 Å². The number of esters is 1. The summed E-state index contributed by atoms with van der Waals surface area (Å²) in [6.07, 6.45) is 0.600. The molecule has 0 bridgehead atoms. The van der Waals surface area contributed by atoms with Gasteiger partial charge in [-0.3, -0.25) is 0 Å². The van der Waals surface area contributed by atoms with Crippen molar-refractivity contribution in [1.29, 1.82) is 0 Å². The van der Waals surface area contributed by atoms with Crippen LogP contribution in [0.15, 0.2) is 11.6 Å². The van der Waals surface area contributed by atoms with Gasteiger partial charge in [-0.2, -0.15) is 0 Å². The molecule has 0 saturated heterocycles. The van der Waals surface area contributed by atoms with E-state index in [1.165, 1.54) is 0 Å². The number of hydrogen-bond acceptors (Lipinski definition) is 3. The largest absolute Gasteiger partial charge is 0.457 e. The molecular formula is C9H16O3. The maximum atomic E-state index is 11.1. The maximum Gasteiger partial charge on any atom is 0.333 e. The second kappa shape index (κ2) is 4.93. The second-order valence-electron chi connectivity index (χ2n) is 2.82. The molecule has 0 spiro atoms. The number of allylic oxidation sites excluding steroid dienone is 1. The van der Waals surface area contributed by atoms with E-state index in [1.807, 2.05) is 0 Å². The predicted molar refractivity (Wildman–Crippen MR) is 46.7 cm³/mol. The van der Waals surface area contributed by atoms with E-state index in [0.717, 1.165) is 0 Å². The number of carbonyl (C=O) groups is 1. The lowest BCUT2D eigenvalue weighted by molar-refractivity contribution is -0.148. The SMILES string of the molecule is CC=C(C)C(=O)O[C@@H](C)[C@H](C)O. The lowest BCUT2D eigenvalue weighted by Crippen LogP contribution is -2.26. The Bertz CT molecular complexity index is 182. The summed E-state index contributed by atoms with van der Waals surface area (Å²) in [5, 5.41) is 9.03. The van der Waals surface area contributed by atoms with Crippen molar-refractivity contribution < 1.29 is 14.6 Å². The van der Waals surface area contributed by atoms with E-state index in [0.29, 0.717) is 5.57 Å². The summed E-state index contributed by atoms with van der Waals surface area (Å²) in [5.41, 5.74) is 0.558. The molecule has 0 aliphatic heterocycles. The fourth-order valence-corrected chi connectivity index (χ4v) is 0.478. The first-order valence-corrected chi connectivity index (χ1v) is 4.01. The minimum atomic E-state index is -0.626. The van der Waals surface area contributed by atoms with Gasteiger partial charge in [0.25, 0.3) is 0 Å². The van der Waals surface area contributed by atoms with Gasteiger partial charge in [0.05, 0.1) is 6.10 Å². The van der Waals surface area contributed by atoms with Gasteiger partial charge in [0.1, 0.15) is 6.10 Å². The first-order chi connectivity index (χ1) is 5.49. The van der Waals surface area contributed by atoms with Crippen LogP contribution in [0.5, 0.6) is 0 Å². The van der Waals surface area contributed by atoms with Gasteiger partial charge in [-0.05, 0) is 27.7 Å². The molecule has 1 N–H and O–H groups in total. The van der Waals surface area contributed by atoms with Gasteiger partial charge < -0.3 is 9.84 Å². The summed E-state index contributed by atoms with van der Waals surface area (Å²) in [5.74, 6) is -0.370. The third kappa shape index (κ3) is 3.53. The summed E-state index contributed by atoms with van der Waals surface area (Å²) >= 11 is 0. The zero-order chi connectivity index (χ0) is 9.72. The van der Waals surface area contributed by atoms with E-state index >= 15 is 0 Å². The van der Waals surface area contributed by atoms with Crippen molar-refractivity contribution in [1.82, 2.24) is 0 Å². The summed E-state index contributed by atoms with van der Waals surface area (Å²) < 4.78 is 4.91. The Morgan fingerprint density at radius 3 is 2.33 bits per heavy atom. The topological polar surface area (TPSA) is 46.5 Å². The molecule has 0 unspecified atom stereocenters. The van der Waals surface area contributed by atoms with Crippen molar-refractivity contribution >= 4 is 5.97 Å². The first kappa shape index (κ1) is 11.2. The fourth-order valence-electron chi connectivity index (χ4n) is 0.478. The van der Waals surface area contributed by atoms with Crippen LogP contribution in [0.4, 0.5) is 0 Å². The molecule has 0 aromatic carbocycles. The molecule has 70 valence electrons. The zero-order valence-electron chi connectivity index (χ0n) is 8.00. The predicted octanol–water partition coefficient (Wildman–Crippen LogP) is 1.27. The normalized spacial score (nSPS) is 16.9. The van der Waals surface area contributed by atoms with Crippen LogP contribution in [-0.4, -0.2) is 23.3 Å². The van der Waals surface area contributed by atoms with Crippen molar-refractivity contribution in [3.63, 3.8) is 0 Å². The van der Waals surface area contributed by atoms with E-state index in [4.69, 9.17) is 9.84 Å². The standard InChI is InChI=1S/C9H16O3/c1-5-6(2)9(11)12-8(4)7(3)10/h5,7-8,10H,1-4H3/t7-,8-/m0/s1. The Labute approximate surface area is 73.0 Å². The van der Waals surface area contributed by atoms with Crippen LogP contribution >= 0.6 is 0 Å². The summed E-state index contributed by atoms with van der Waals surface area (Å²) in [7, 11) is 0. The zero-order valence-corrected chi connectivity index (χ0v) is 8.00. The summed E-state index contributed by atoms with van der Waals surface area (Å²) in [6, 6.07) is 0. The van der Waals surface area contributed by atoms with Gasteiger partial charge in [-0.25, -0.2) is 4.79 Å². The van der Waals surface area contributed by atoms with Gasteiger partial charge in [0, 0.05) is 5.57 Å². The highest BCUT2D eigenvalue weighted by Gasteiger charge is 2.14. The lowest BCUT2D eigenvalue weighted by atomic mass is 10.2. The van der Waals surface area contributed by atoms with Crippen LogP contribution in [-0.2, 0) is 9.53 Å². The van der Waals surface area contributed by atoms with E-state index in [2.05, 4.69) is 0 Å². The van der Waals surface area contributed by atoms with Gasteiger partial charge in [-0.15, -0.1) is 0 Å². The first-order valence-electron chi connectivity index (χ1n) is 4.01. The third-order valence-electron chi connectivity index (χ3n) is 1.73. The second-order valence-corrected chi connectivity index (χ2v) is 2.82. The van der Waals surface area contributed by atoms with Crippen LogP contribution in [0, 0.1) is 0 Å². The molecule has 0 heterocycles. The van der Waals surface area contributed by atoms with Crippen LogP contribution < -0.4 is 0 Å². The van der Waals surface area contributed by atoms with Gasteiger partial charge in [-0.1, -0.05) is 6.08 Å². The lowest BCUT2D eigenvalue weighted by Gasteiger charge is -2.15.